The molecule has 0 aliphatic heterocycles. The molecule has 3 aromatic rings. The third kappa shape index (κ3) is 3.74. The summed E-state index contributed by atoms with van der Waals surface area (Å²) in [5.41, 5.74) is 1.90. The number of anilines is 1. The van der Waals surface area contributed by atoms with Crippen LogP contribution in [0.2, 0.25) is 0 Å². The zero-order valence-corrected chi connectivity index (χ0v) is 14.0. The molecule has 24 heavy (non-hydrogen) atoms. The van der Waals surface area contributed by atoms with Crippen molar-refractivity contribution in [3.05, 3.63) is 72.3 Å². The van der Waals surface area contributed by atoms with Crippen LogP contribution in [0.4, 0.5) is 5.69 Å². The van der Waals surface area contributed by atoms with Crippen LogP contribution in [0.1, 0.15) is 18.9 Å². The predicted octanol–water partition coefficient (Wildman–Crippen LogP) is 4.94. The van der Waals surface area contributed by atoms with Crippen molar-refractivity contribution in [3.63, 3.8) is 0 Å². The molecule has 1 N–H and O–H groups in total. The number of benzene rings is 3. The SMILES string of the molecule is CC[C@@H](Oc1ccc2ccccc2c1)C(=O)Nc1cccc(C)c1. The van der Waals surface area contributed by atoms with E-state index in [4.69, 9.17) is 4.74 Å². The highest BCUT2D eigenvalue weighted by atomic mass is 16.5. The first kappa shape index (κ1) is 16.1. The molecule has 122 valence electrons. The highest BCUT2D eigenvalue weighted by Crippen LogP contribution is 2.22. The van der Waals surface area contributed by atoms with Crippen LogP contribution in [0.5, 0.6) is 5.75 Å². The van der Waals surface area contributed by atoms with Crippen LogP contribution in [0.15, 0.2) is 66.7 Å². The Morgan fingerprint density at radius 2 is 1.79 bits per heavy atom. The zero-order chi connectivity index (χ0) is 16.9. The average Bonchev–Trinajstić information content (AvgIpc) is 2.59. The highest BCUT2D eigenvalue weighted by Gasteiger charge is 2.18. The van der Waals surface area contributed by atoms with Gasteiger partial charge in [-0.25, -0.2) is 0 Å². The minimum Gasteiger partial charge on any atom is -0.481 e. The number of fused-ring (bicyclic) bond motifs is 1. The van der Waals surface area contributed by atoms with Gasteiger partial charge in [-0.1, -0.05) is 49.4 Å². The molecule has 3 heteroatoms. The molecule has 3 aromatic carbocycles. The van der Waals surface area contributed by atoms with E-state index in [0.29, 0.717) is 12.2 Å². The van der Waals surface area contributed by atoms with E-state index in [1.165, 1.54) is 0 Å². The van der Waals surface area contributed by atoms with Crippen LogP contribution >= 0.6 is 0 Å². The van der Waals surface area contributed by atoms with E-state index >= 15 is 0 Å². The fourth-order valence-corrected chi connectivity index (χ4v) is 2.67. The van der Waals surface area contributed by atoms with Crippen LogP contribution in [0.25, 0.3) is 10.8 Å². The topological polar surface area (TPSA) is 38.3 Å². The molecule has 1 amide bonds. The summed E-state index contributed by atoms with van der Waals surface area (Å²) in [7, 11) is 0. The van der Waals surface area contributed by atoms with E-state index in [1.54, 1.807) is 0 Å². The number of ether oxygens (including phenoxy) is 1. The molecule has 0 radical (unpaired) electrons. The van der Waals surface area contributed by atoms with Crippen molar-refractivity contribution >= 4 is 22.4 Å². The Morgan fingerprint density at radius 3 is 2.54 bits per heavy atom. The second-order valence-corrected chi connectivity index (χ2v) is 5.88. The van der Waals surface area contributed by atoms with Gasteiger partial charge >= 0.3 is 0 Å². The van der Waals surface area contributed by atoms with E-state index in [0.717, 1.165) is 22.0 Å². The summed E-state index contributed by atoms with van der Waals surface area (Å²) in [5.74, 6) is 0.580. The number of nitrogens with one attached hydrogen (secondary N) is 1. The highest BCUT2D eigenvalue weighted by molar-refractivity contribution is 5.94. The largest absolute Gasteiger partial charge is 0.481 e. The maximum absolute atomic E-state index is 12.5. The van der Waals surface area contributed by atoms with Crippen LogP contribution in [-0.4, -0.2) is 12.0 Å². The third-order valence-corrected chi connectivity index (χ3v) is 3.95. The monoisotopic (exact) mass is 319 g/mol. The van der Waals surface area contributed by atoms with Crippen LogP contribution in [0.3, 0.4) is 0 Å². The number of amides is 1. The predicted molar refractivity (Wildman–Crippen MR) is 98.5 cm³/mol. The van der Waals surface area contributed by atoms with Gasteiger partial charge in [0.25, 0.3) is 5.91 Å². The minimum absolute atomic E-state index is 0.128. The summed E-state index contributed by atoms with van der Waals surface area (Å²) in [5, 5.41) is 5.18. The van der Waals surface area contributed by atoms with Crippen molar-refractivity contribution in [3.8, 4) is 5.75 Å². The smallest absolute Gasteiger partial charge is 0.265 e. The number of aryl methyl sites for hydroxylation is 1. The lowest BCUT2D eigenvalue weighted by Crippen LogP contribution is -2.32. The first-order chi connectivity index (χ1) is 11.7. The lowest BCUT2D eigenvalue weighted by molar-refractivity contribution is -0.122. The quantitative estimate of drug-likeness (QED) is 0.723. The van der Waals surface area contributed by atoms with E-state index in [2.05, 4.69) is 11.4 Å². The average molecular weight is 319 g/mol. The van der Waals surface area contributed by atoms with Crippen LogP contribution in [-0.2, 0) is 4.79 Å². The van der Waals surface area contributed by atoms with E-state index in [1.807, 2.05) is 74.5 Å². The van der Waals surface area contributed by atoms with Crippen LogP contribution in [0, 0.1) is 6.92 Å². The summed E-state index contributed by atoms with van der Waals surface area (Å²) in [6.45, 7) is 3.94. The van der Waals surface area contributed by atoms with Crippen molar-refractivity contribution in [2.45, 2.75) is 26.4 Å². The van der Waals surface area contributed by atoms with Gasteiger partial charge < -0.3 is 10.1 Å². The lowest BCUT2D eigenvalue weighted by atomic mass is 10.1. The summed E-state index contributed by atoms with van der Waals surface area (Å²) in [4.78, 5) is 12.5. The van der Waals surface area contributed by atoms with Crippen molar-refractivity contribution in [2.75, 3.05) is 5.32 Å². The summed E-state index contributed by atoms with van der Waals surface area (Å²) in [6, 6.07) is 21.7. The summed E-state index contributed by atoms with van der Waals surface area (Å²) >= 11 is 0. The van der Waals surface area contributed by atoms with Gasteiger partial charge in [0.1, 0.15) is 5.75 Å². The molecule has 0 heterocycles. The van der Waals surface area contributed by atoms with Crippen LogP contribution < -0.4 is 10.1 Å². The molecule has 0 spiro atoms. The van der Waals surface area contributed by atoms with Gasteiger partial charge in [-0.2, -0.15) is 0 Å². The maximum atomic E-state index is 12.5. The molecular weight excluding hydrogens is 298 g/mol. The Morgan fingerprint density at radius 1 is 1.00 bits per heavy atom. The Bertz CT molecular complexity index is 857. The van der Waals surface area contributed by atoms with Gasteiger partial charge in [-0.3, -0.25) is 4.79 Å². The normalized spacial score (nSPS) is 11.9. The molecule has 3 nitrogen and oxygen atoms in total. The molecule has 0 saturated carbocycles. The zero-order valence-electron chi connectivity index (χ0n) is 14.0. The van der Waals surface area contributed by atoms with Crippen molar-refractivity contribution in [1.29, 1.82) is 0 Å². The molecule has 3 rings (SSSR count). The van der Waals surface area contributed by atoms with Gasteiger partial charge in [0.2, 0.25) is 0 Å². The molecule has 0 unspecified atom stereocenters. The van der Waals surface area contributed by atoms with Gasteiger partial charge in [0, 0.05) is 5.69 Å². The summed E-state index contributed by atoms with van der Waals surface area (Å²) < 4.78 is 5.92. The van der Waals surface area contributed by atoms with Crippen molar-refractivity contribution in [2.24, 2.45) is 0 Å². The lowest BCUT2D eigenvalue weighted by Gasteiger charge is -2.18. The van der Waals surface area contributed by atoms with E-state index in [9.17, 15) is 4.79 Å². The van der Waals surface area contributed by atoms with E-state index < -0.39 is 6.10 Å². The Balaban J connectivity index is 1.74. The number of carbonyl (C=O) groups excluding carboxylic acids is 1. The molecule has 0 bridgehead atoms. The van der Waals surface area contributed by atoms with Gasteiger partial charge in [-0.05, 0) is 53.9 Å². The van der Waals surface area contributed by atoms with Gasteiger partial charge in [0.05, 0.1) is 0 Å². The molecule has 0 fully saturated rings. The Hall–Kier alpha value is -2.81. The molecule has 1 atom stereocenters. The Kier molecular flexibility index (Phi) is 4.80. The molecule has 0 aliphatic carbocycles. The fourth-order valence-electron chi connectivity index (χ4n) is 2.67. The second-order valence-electron chi connectivity index (χ2n) is 5.88. The first-order valence-corrected chi connectivity index (χ1v) is 8.18. The second kappa shape index (κ2) is 7.18. The number of hydrogen-bond donors (Lipinski definition) is 1. The van der Waals surface area contributed by atoms with Gasteiger partial charge in [0.15, 0.2) is 6.10 Å². The van der Waals surface area contributed by atoms with Gasteiger partial charge in [-0.15, -0.1) is 0 Å². The van der Waals surface area contributed by atoms with E-state index in [-0.39, 0.29) is 5.91 Å². The van der Waals surface area contributed by atoms with Crippen molar-refractivity contribution < 1.29 is 9.53 Å². The molecule has 0 aromatic heterocycles. The number of rotatable bonds is 5. The number of carbonyl (C=O) groups is 1. The standard InChI is InChI=1S/C21H21NO2/c1-3-20(21(23)22-18-10-6-7-15(2)13-18)24-19-12-11-16-8-4-5-9-17(16)14-19/h4-14,20H,3H2,1-2H3,(H,22,23)/t20-/m1/s1. The molecular formula is C21H21NO2. The first-order valence-electron chi connectivity index (χ1n) is 8.18. The third-order valence-electron chi connectivity index (χ3n) is 3.95. The maximum Gasteiger partial charge on any atom is 0.265 e. The Labute approximate surface area is 142 Å². The van der Waals surface area contributed by atoms with Crippen molar-refractivity contribution in [1.82, 2.24) is 0 Å². The molecule has 0 saturated heterocycles. The minimum atomic E-state index is -0.522. The molecule has 0 aliphatic rings. The summed E-state index contributed by atoms with van der Waals surface area (Å²) in [6.07, 6.45) is 0.0801. The number of hydrogen-bond acceptors (Lipinski definition) is 2. The fraction of sp³-hybridized carbons (Fsp3) is 0.190.